The molecule has 2 aliphatic carbocycles. The fourth-order valence-corrected chi connectivity index (χ4v) is 5.42. The van der Waals surface area contributed by atoms with Crippen LogP contribution in [0.25, 0.3) is 0 Å². The van der Waals surface area contributed by atoms with Crippen LogP contribution in [0.3, 0.4) is 0 Å². The lowest BCUT2D eigenvalue weighted by Crippen LogP contribution is -2.52. The van der Waals surface area contributed by atoms with Gasteiger partial charge in [-0.3, -0.25) is 9.59 Å². The smallest absolute Gasteiger partial charge is 0.226 e. The minimum Gasteiger partial charge on any atom is -0.365 e. The molecule has 0 aromatic carbocycles. The summed E-state index contributed by atoms with van der Waals surface area (Å²) in [7, 11) is 0. The first kappa shape index (κ1) is 17.6. The third-order valence-electron chi connectivity index (χ3n) is 6.81. The fraction of sp³-hybridized carbons (Fsp3) is 0.714. The molecule has 26 heavy (non-hydrogen) atoms. The lowest BCUT2D eigenvalue weighted by Gasteiger charge is -2.30. The number of fused-ring (bicyclic) bond motifs is 1. The molecule has 0 radical (unpaired) electrons. The Hall–Kier alpha value is -1.78. The number of aromatic nitrogens is 1. The van der Waals surface area contributed by atoms with Crippen molar-refractivity contribution >= 4 is 11.8 Å². The van der Waals surface area contributed by atoms with Gasteiger partial charge in [-0.1, -0.05) is 25.7 Å². The van der Waals surface area contributed by atoms with E-state index in [4.69, 9.17) is 0 Å². The number of hydrogen-bond donors (Lipinski definition) is 2. The number of rotatable bonds is 5. The standard InChI is InChI=1S/C21H31N3O2/c25-19(13-18-9-5-11-22-18)23-21-10-4-8-17(21)14-24(15-21)20(26)12-16-6-2-1-3-7-16/h5,9,11,16-17,22H,1-4,6-8,10,12-15H2,(H,23,25)/t17-,21-/m0/s1. The first-order valence-electron chi connectivity index (χ1n) is 10.4. The molecule has 2 N–H and O–H groups in total. The summed E-state index contributed by atoms with van der Waals surface area (Å²) in [5.41, 5.74) is 0.753. The van der Waals surface area contributed by atoms with E-state index in [9.17, 15) is 9.59 Å². The molecule has 142 valence electrons. The Morgan fingerprint density at radius 1 is 1.19 bits per heavy atom. The van der Waals surface area contributed by atoms with E-state index >= 15 is 0 Å². The molecule has 2 atom stereocenters. The number of hydrogen-bond acceptors (Lipinski definition) is 2. The minimum absolute atomic E-state index is 0.0703. The lowest BCUT2D eigenvalue weighted by atomic mass is 9.86. The summed E-state index contributed by atoms with van der Waals surface area (Å²) in [5.74, 6) is 1.38. The van der Waals surface area contributed by atoms with Crippen LogP contribution >= 0.6 is 0 Å². The molecule has 0 spiro atoms. The van der Waals surface area contributed by atoms with Gasteiger partial charge < -0.3 is 15.2 Å². The molecule has 3 fully saturated rings. The van der Waals surface area contributed by atoms with E-state index in [0.717, 1.165) is 31.5 Å². The molecular formula is C21H31N3O2. The summed E-state index contributed by atoms with van der Waals surface area (Å²) in [4.78, 5) is 30.5. The fourth-order valence-electron chi connectivity index (χ4n) is 5.42. The van der Waals surface area contributed by atoms with Gasteiger partial charge in [0.2, 0.25) is 11.8 Å². The summed E-state index contributed by atoms with van der Waals surface area (Å²) >= 11 is 0. The Balaban J connectivity index is 1.36. The van der Waals surface area contributed by atoms with Gasteiger partial charge >= 0.3 is 0 Å². The third-order valence-corrected chi connectivity index (χ3v) is 6.81. The lowest BCUT2D eigenvalue weighted by molar-refractivity contribution is -0.132. The third kappa shape index (κ3) is 3.67. The molecule has 1 saturated heterocycles. The normalized spacial score (nSPS) is 28.9. The number of H-pyrrole nitrogens is 1. The molecule has 3 aliphatic rings. The number of nitrogens with one attached hydrogen (secondary N) is 2. The monoisotopic (exact) mass is 357 g/mol. The summed E-state index contributed by atoms with van der Waals surface area (Å²) in [6, 6.07) is 3.86. The predicted octanol–water partition coefficient (Wildman–Crippen LogP) is 3.02. The summed E-state index contributed by atoms with van der Waals surface area (Å²) in [6.07, 6.45) is 12.5. The zero-order valence-corrected chi connectivity index (χ0v) is 15.6. The molecule has 2 saturated carbocycles. The number of nitrogens with zero attached hydrogens (tertiary/aromatic N) is 1. The molecule has 1 aromatic heterocycles. The second kappa shape index (κ2) is 7.45. The van der Waals surface area contributed by atoms with Crippen LogP contribution < -0.4 is 5.32 Å². The summed E-state index contributed by atoms with van der Waals surface area (Å²) < 4.78 is 0. The highest BCUT2D eigenvalue weighted by Crippen LogP contribution is 2.42. The van der Waals surface area contributed by atoms with Crippen molar-refractivity contribution < 1.29 is 9.59 Å². The molecule has 2 amide bonds. The van der Waals surface area contributed by atoms with Gasteiger partial charge in [-0.15, -0.1) is 0 Å². The van der Waals surface area contributed by atoms with Gasteiger partial charge in [-0.2, -0.15) is 0 Å². The van der Waals surface area contributed by atoms with Crippen LogP contribution in [0.1, 0.15) is 63.5 Å². The Bertz CT molecular complexity index is 636. The first-order valence-corrected chi connectivity index (χ1v) is 10.4. The van der Waals surface area contributed by atoms with Gasteiger partial charge in [-0.05, 0) is 43.7 Å². The highest BCUT2D eigenvalue weighted by molar-refractivity contribution is 5.80. The van der Waals surface area contributed by atoms with Gasteiger partial charge in [0, 0.05) is 37.3 Å². The molecular weight excluding hydrogens is 326 g/mol. The second-order valence-corrected chi connectivity index (χ2v) is 8.65. The Kier molecular flexibility index (Phi) is 5.05. The zero-order valence-electron chi connectivity index (χ0n) is 15.6. The van der Waals surface area contributed by atoms with Gasteiger partial charge in [0.15, 0.2) is 0 Å². The second-order valence-electron chi connectivity index (χ2n) is 8.65. The number of carbonyl (C=O) groups is 2. The van der Waals surface area contributed by atoms with Crippen LogP contribution in [0, 0.1) is 11.8 Å². The van der Waals surface area contributed by atoms with E-state index in [-0.39, 0.29) is 11.4 Å². The van der Waals surface area contributed by atoms with Crippen molar-refractivity contribution in [1.29, 1.82) is 0 Å². The largest absolute Gasteiger partial charge is 0.365 e. The number of aromatic amines is 1. The van der Waals surface area contributed by atoms with Crippen molar-refractivity contribution in [2.24, 2.45) is 11.8 Å². The quantitative estimate of drug-likeness (QED) is 0.851. The molecule has 4 rings (SSSR count). The van der Waals surface area contributed by atoms with E-state index < -0.39 is 0 Å². The topological polar surface area (TPSA) is 65.2 Å². The number of likely N-dealkylation sites (tertiary alicyclic amines) is 1. The highest BCUT2D eigenvalue weighted by atomic mass is 16.2. The number of carbonyl (C=O) groups excluding carboxylic acids is 2. The van der Waals surface area contributed by atoms with Crippen molar-refractivity contribution in [2.75, 3.05) is 13.1 Å². The SMILES string of the molecule is O=C(Cc1ccc[nH]1)N[C@]12CCC[C@H]1CN(C(=O)CC1CCCCC1)C2. The summed E-state index contributed by atoms with van der Waals surface area (Å²) in [6.45, 7) is 1.54. The van der Waals surface area contributed by atoms with Crippen LogP contribution in [0.15, 0.2) is 18.3 Å². The van der Waals surface area contributed by atoms with Gasteiger partial charge in [0.05, 0.1) is 12.0 Å². The van der Waals surface area contributed by atoms with Crippen molar-refractivity contribution in [1.82, 2.24) is 15.2 Å². The maximum absolute atomic E-state index is 12.8. The van der Waals surface area contributed by atoms with Gasteiger partial charge in [-0.25, -0.2) is 0 Å². The predicted molar refractivity (Wildman–Crippen MR) is 100 cm³/mol. The summed E-state index contributed by atoms with van der Waals surface area (Å²) in [5, 5.41) is 3.33. The Morgan fingerprint density at radius 3 is 2.81 bits per heavy atom. The van der Waals surface area contributed by atoms with E-state index in [0.29, 0.717) is 37.1 Å². The van der Waals surface area contributed by atoms with Crippen molar-refractivity contribution in [3.8, 4) is 0 Å². The Morgan fingerprint density at radius 2 is 2.04 bits per heavy atom. The molecule has 1 aliphatic heterocycles. The Labute approximate surface area is 155 Å². The van der Waals surface area contributed by atoms with Crippen LogP contribution in [0.5, 0.6) is 0 Å². The number of amides is 2. The van der Waals surface area contributed by atoms with E-state index in [1.807, 2.05) is 23.2 Å². The van der Waals surface area contributed by atoms with Gasteiger partial charge in [0.25, 0.3) is 0 Å². The van der Waals surface area contributed by atoms with Crippen molar-refractivity contribution in [2.45, 2.75) is 69.7 Å². The van der Waals surface area contributed by atoms with E-state index in [2.05, 4.69) is 10.3 Å². The molecule has 0 unspecified atom stereocenters. The van der Waals surface area contributed by atoms with Gasteiger partial charge in [0.1, 0.15) is 0 Å². The van der Waals surface area contributed by atoms with Crippen LogP contribution in [0.4, 0.5) is 0 Å². The van der Waals surface area contributed by atoms with Crippen molar-refractivity contribution in [3.63, 3.8) is 0 Å². The molecule has 0 bridgehead atoms. The van der Waals surface area contributed by atoms with Crippen molar-refractivity contribution in [3.05, 3.63) is 24.0 Å². The molecule has 5 nitrogen and oxygen atoms in total. The molecule has 5 heteroatoms. The highest BCUT2D eigenvalue weighted by Gasteiger charge is 2.51. The maximum Gasteiger partial charge on any atom is 0.226 e. The van der Waals surface area contributed by atoms with Crippen LogP contribution in [-0.2, 0) is 16.0 Å². The van der Waals surface area contributed by atoms with Crippen LogP contribution in [0.2, 0.25) is 0 Å². The average molecular weight is 357 g/mol. The van der Waals surface area contributed by atoms with Crippen LogP contribution in [-0.4, -0.2) is 40.3 Å². The van der Waals surface area contributed by atoms with E-state index in [1.165, 1.54) is 32.1 Å². The average Bonchev–Trinajstić information content (AvgIpc) is 3.31. The molecule has 1 aromatic rings. The first-order chi connectivity index (χ1) is 12.6. The van der Waals surface area contributed by atoms with E-state index in [1.54, 1.807) is 0 Å². The zero-order chi connectivity index (χ0) is 18.0. The maximum atomic E-state index is 12.8. The minimum atomic E-state index is -0.189. The molecule has 2 heterocycles.